The molecule has 0 spiro atoms. The number of carbonyl (C=O) groups excluding carboxylic acids is 1. The van der Waals surface area contributed by atoms with Gasteiger partial charge >= 0.3 is 0 Å². The molecule has 1 aliphatic heterocycles. The summed E-state index contributed by atoms with van der Waals surface area (Å²) in [6.07, 6.45) is 2.87. The van der Waals surface area contributed by atoms with E-state index in [1.165, 1.54) is 17.9 Å². The van der Waals surface area contributed by atoms with Crippen molar-refractivity contribution >= 4 is 33.2 Å². The van der Waals surface area contributed by atoms with Crippen LogP contribution in [0.15, 0.2) is 33.8 Å². The van der Waals surface area contributed by atoms with Crippen LogP contribution in [0.3, 0.4) is 0 Å². The Hall–Kier alpha value is -1.16. The first kappa shape index (κ1) is 10.0. The largest absolute Gasteiger partial charge is 0.272 e. The molecule has 0 atom stereocenters. The first-order valence-electron chi connectivity index (χ1n) is 5.40. The van der Waals surface area contributed by atoms with Crippen LogP contribution >= 0.6 is 15.9 Å². The molecule has 0 unspecified atom stereocenters. The maximum Gasteiger partial charge on any atom is 0.253 e. The molecule has 1 amide bonds. The molecule has 1 aromatic rings. The number of hydrazone groups is 1. The zero-order valence-electron chi connectivity index (χ0n) is 8.69. The molecule has 0 bridgehead atoms. The molecular formula is C12H11BrN2O. The van der Waals surface area contributed by atoms with Crippen molar-refractivity contribution in [3.8, 4) is 0 Å². The zero-order chi connectivity index (χ0) is 11.1. The number of halogens is 1. The van der Waals surface area contributed by atoms with E-state index in [9.17, 15) is 4.79 Å². The monoisotopic (exact) mass is 278 g/mol. The van der Waals surface area contributed by atoms with Crippen molar-refractivity contribution in [2.45, 2.75) is 19.3 Å². The van der Waals surface area contributed by atoms with Gasteiger partial charge in [-0.2, -0.15) is 10.1 Å². The molecule has 2 aliphatic rings. The van der Waals surface area contributed by atoms with E-state index in [0.29, 0.717) is 12.3 Å². The maximum atomic E-state index is 11.9. The van der Waals surface area contributed by atoms with Gasteiger partial charge < -0.3 is 0 Å². The summed E-state index contributed by atoms with van der Waals surface area (Å²) in [6, 6.07) is 7.67. The van der Waals surface area contributed by atoms with Crippen LogP contribution in [-0.2, 0) is 4.79 Å². The zero-order valence-corrected chi connectivity index (χ0v) is 10.3. The number of nitrogens with zero attached hydrogens (tertiary/aromatic N) is 2. The molecule has 0 radical (unpaired) electrons. The third-order valence-electron chi connectivity index (χ3n) is 2.93. The van der Waals surface area contributed by atoms with Gasteiger partial charge in [-0.3, -0.25) is 4.79 Å². The highest BCUT2D eigenvalue weighted by Gasteiger charge is 2.35. The van der Waals surface area contributed by atoms with Crippen molar-refractivity contribution in [2.75, 3.05) is 5.01 Å². The summed E-state index contributed by atoms with van der Waals surface area (Å²) in [5.74, 6) is 0.644. The number of anilines is 1. The second kappa shape index (κ2) is 3.70. The van der Waals surface area contributed by atoms with Gasteiger partial charge in [0.1, 0.15) is 0 Å². The summed E-state index contributed by atoms with van der Waals surface area (Å²) in [4.78, 5) is 11.9. The van der Waals surface area contributed by atoms with Crippen LogP contribution in [0.4, 0.5) is 5.69 Å². The summed E-state index contributed by atoms with van der Waals surface area (Å²) in [5, 5.41) is 5.96. The Kier molecular flexibility index (Phi) is 2.32. The summed E-state index contributed by atoms with van der Waals surface area (Å²) >= 11 is 3.44. The third kappa shape index (κ3) is 1.67. The SMILES string of the molecule is O=C1CC(C2CC2)=NN1c1ccccc1Br. The molecule has 1 heterocycles. The Labute approximate surface area is 102 Å². The summed E-state index contributed by atoms with van der Waals surface area (Å²) < 4.78 is 0.907. The van der Waals surface area contributed by atoms with E-state index in [4.69, 9.17) is 0 Å². The quantitative estimate of drug-likeness (QED) is 0.819. The van der Waals surface area contributed by atoms with Crippen molar-refractivity contribution in [2.24, 2.45) is 11.0 Å². The van der Waals surface area contributed by atoms with Gasteiger partial charge in [-0.25, -0.2) is 0 Å². The Morgan fingerprint density at radius 1 is 1.31 bits per heavy atom. The lowest BCUT2D eigenvalue weighted by Crippen LogP contribution is -2.19. The first-order chi connectivity index (χ1) is 7.75. The van der Waals surface area contributed by atoms with Crippen LogP contribution < -0.4 is 5.01 Å². The number of benzene rings is 1. The van der Waals surface area contributed by atoms with E-state index in [1.54, 1.807) is 0 Å². The van der Waals surface area contributed by atoms with Gasteiger partial charge in [0.25, 0.3) is 5.91 Å². The highest BCUT2D eigenvalue weighted by Crippen LogP contribution is 2.36. The van der Waals surface area contributed by atoms with E-state index >= 15 is 0 Å². The Morgan fingerprint density at radius 3 is 2.75 bits per heavy atom. The van der Waals surface area contributed by atoms with Crippen molar-refractivity contribution in [1.29, 1.82) is 0 Å². The normalized spacial score (nSPS) is 20.2. The smallest absolute Gasteiger partial charge is 0.253 e. The maximum absolute atomic E-state index is 11.9. The lowest BCUT2D eigenvalue weighted by molar-refractivity contribution is -0.116. The fraction of sp³-hybridized carbons (Fsp3) is 0.333. The van der Waals surface area contributed by atoms with Crippen LogP contribution in [-0.4, -0.2) is 11.6 Å². The molecule has 4 heteroatoms. The van der Waals surface area contributed by atoms with E-state index < -0.39 is 0 Å². The van der Waals surface area contributed by atoms with Gasteiger partial charge in [0, 0.05) is 4.47 Å². The van der Waals surface area contributed by atoms with Crippen LogP contribution in [0.2, 0.25) is 0 Å². The molecule has 82 valence electrons. The fourth-order valence-electron chi connectivity index (χ4n) is 1.90. The minimum atomic E-state index is 0.0776. The highest BCUT2D eigenvalue weighted by molar-refractivity contribution is 9.10. The third-order valence-corrected chi connectivity index (χ3v) is 3.60. The molecule has 1 aliphatic carbocycles. The van der Waals surface area contributed by atoms with Crippen LogP contribution in [0, 0.1) is 5.92 Å². The standard InChI is InChI=1S/C12H11BrN2O/c13-9-3-1-2-4-11(9)15-12(16)7-10(14-15)8-5-6-8/h1-4,8H,5-7H2. The average Bonchev–Trinajstić information content (AvgIpc) is 3.04. The number of para-hydroxylation sites is 1. The molecule has 0 N–H and O–H groups in total. The highest BCUT2D eigenvalue weighted by atomic mass is 79.9. The second-order valence-corrected chi connectivity index (χ2v) is 5.05. The number of rotatable bonds is 2. The van der Waals surface area contributed by atoms with Gasteiger partial charge in [0.05, 0.1) is 17.8 Å². The van der Waals surface area contributed by atoms with Crippen LogP contribution in [0.1, 0.15) is 19.3 Å². The minimum absolute atomic E-state index is 0.0776. The second-order valence-electron chi connectivity index (χ2n) is 4.20. The van der Waals surface area contributed by atoms with Gasteiger partial charge in [-0.15, -0.1) is 0 Å². The Morgan fingerprint density at radius 2 is 2.06 bits per heavy atom. The number of carbonyl (C=O) groups is 1. The molecule has 1 fully saturated rings. The summed E-state index contributed by atoms with van der Waals surface area (Å²) in [5.41, 5.74) is 1.89. The van der Waals surface area contributed by atoms with Crippen molar-refractivity contribution in [3.05, 3.63) is 28.7 Å². The topological polar surface area (TPSA) is 32.7 Å². The predicted molar refractivity (Wildman–Crippen MR) is 66.4 cm³/mol. The number of amides is 1. The van der Waals surface area contributed by atoms with Crippen molar-refractivity contribution < 1.29 is 4.79 Å². The molecule has 0 aromatic heterocycles. The fourth-order valence-corrected chi connectivity index (χ4v) is 2.36. The van der Waals surface area contributed by atoms with Crippen LogP contribution in [0.25, 0.3) is 0 Å². The van der Waals surface area contributed by atoms with Crippen molar-refractivity contribution in [3.63, 3.8) is 0 Å². The van der Waals surface area contributed by atoms with Gasteiger partial charge in [0.15, 0.2) is 0 Å². The molecule has 16 heavy (non-hydrogen) atoms. The minimum Gasteiger partial charge on any atom is -0.272 e. The average molecular weight is 279 g/mol. The van der Waals surface area contributed by atoms with E-state index in [0.717, 1.165) is 15.9 Å². The molecular weight excluding hydrogens is 268 g/mol. The van der Waals surface area contributed by atoms with Gasteiger partial charge in [-0.1, -0.05) is 12.1 Å². The Balaban J connectivity index is 1.95. The molecule has 3 nitrogen and oxygen atoms in total. The predicted octanol–water partition coefficient (Wildman–Crippen LogP) is 2.95. The molecule has 1 aromatic carbocycles. The molecule has 3 rings (SSSR count). The van der Waals surface area contributed by atoms with Gasteiger partial charge in [-0.05, 0) is 46.8 Å². The lowest BCUT2D eigenvalue weighted by atomic mass is 10.2. The van der Waals surface area contributed by atoms with Crippen molar-refractivity contribution in [1.82, 2.24) is 0 Å². The van der Waals surface area contributed by atoms with E-state index in [2.05, 4.69) is 21.0 Å². The first-order valence-corrected chi connectivity index (χ1v) is 6.20. The molecule has 0 saturated heterocycles. The lowest BCUT2D eigenvalue weighted by Gasteiger charge is -2.12. The van der Waals surface area contributed by atoms with Gasteiger partial charge in [0.2, 0.25) is 0 Å². The summed E-state index contributed by atoms with van der Waals surface area (Å²) in [7, 11) is 0. The summed E-state index contributed by atoms with van der Waals surface area (Å²) in [6.45, 7) is 0. The number of hydrogen-bond donors (Lipinski definition) is 0. The van der Waals surface area contributed by atoms with Crippen LogP contribution in [0.5, 0.6) is 0 Å². The van der Waals surface area contributed by atoms with E-state index in [-0.39, 0.29) is 5.91 Å². The number of hydrogen-bond acceptors (Lipinski definition) is 2. The Bertz CT molecular complexity index is 480. The van der Waals surface area contributed by atoms with E-state index in [1.807, 2.05) is 24.3 Å². The molecule has 1 saturated carbocycles.